The number of hydrogen-bond acceptors (Lipinski definition) is 6. The summed E-state index contributed by atoms with van der Waals surface area (Å²) in [5.74, 6) is -0.210. The number of primary sulfonamides is 1. The molecule has 8 nitrogen and oxygen atoms in total. The van der Waals surface area contributed by atoms with Gasteiger partial charge >= 0.3 is 0 Å². The Morgan fingerprint density at radius 3 is 2.54 bits per heavy atom. The maximum Gasteiger partial charge on any atom is 0.242 e. The van der Waals surface area contributed by atoms with Crippen LogP contribution in [0.4, 0.5) is 5.69 Å². The van der Waals surface area contributed by atoms with Crippen molar-refractivity contribution < 1.29 is 18.3 Å². The molecule has 2 aromatic rings. The van der Waals surface area contributed by atoms with Crippen molar-refractivity contribution in [3.8, 4) is 5.75 Å². The molecule has 138 valence electrons. The van der Waals surface area contributed by atoms with Gasteiger partial charge in [-0.1, -0.05) is 11.6 Å². The first kappa shape index (κ1) is 18.6. The predicted octanol–water partition coefficient (Wildman–Crippen LogP) is 1.24. The molecule has 0 aromatic heterocycles. The highest BCUT2D eigenvalue weighted by molar-refractivity contribution is 7.89. The van der Waals surface area contributed by atoms with Crippen LogP contribution in [0, 0.1) is 0 Å². The Hall–Kier alpha value is -2.17. The van der Waals surface area contributed by atoms with Crippen molar-refractivity contribution in [2.75, 3.05) is 5.32 Å². The quantitative estimate of drug-likeness (QED) is 0.528. The molecule has 1 fully saturated rings. The van der Waals surface area contributed by atoms with Gasteiger partial charge in [0.1, 0.15) is 11.8 Å². The third-order valence-electron chi connectivity index (χ3n) is 4.04. The largest absolute Gasteiger partial charge is 0.508 e. The maximum atomic E-state index is 12.4. The summed E-state index contributed by atoms with van der Waals surface area (Å²) < 4.78 is 22.5. The van der Waals surface area contributed by atoms with Gasteiger partial charge in [0.25, 0.3) is 0 Å². The number of aromatic hydroxyl groups is 1. The van der Waals surface area contributed by atoms with E-state index in [4.69, 9.17) is 16.7 Å². The van der Waals surface area contributed by atoms with Crippen molar-refractivity contribution in [2.24, 2.45) is 5.14 Å². The van der Waals surface area contributed by atoms with Crippen LogP contribution < -0.4 is 21.3 Å². The van der Waals surface area contributed by atoms with Gasteiger partial charge in [0.2, 0.25) is 15.9 Å². The number of rotatable bonds is 4. The number of hydrazine groups is 1. The fourth-order valence-electron chi connectivity index (χ4n) is 2.69. The summed E-state index contributed by atoms with van der Waals surface area (Å²) in [7, 11) is -3.78. The van der Waals surface area contributed by atoms with Crippen LogP contribution in [0.3, 0.4) is 0 Å². The van der Waals surface area contributed by atoms with Crippen LogP contribution in [0.1, 0.15) is 18.0 Å². The number of nitrogens with two attached hydrogens (primary N) is 1. The summed E-state index contributed by atoms with van der Waals surface area (Å²) in [5, 5.41) is 18.2. The Kier molecular flexibility index (Phi) is 5.17. The number of amides is 1. The van der Waals surface area contributed by atoms with Gasteiger partial charge in [0.05, 0.1) is 10.9 Å². The van der Waals surface area contributed by atoms with Crippen molar-refractivity contribution in [2.45, 2.75) is 23.4 Å². The number of anilines is 1. The van der Waals surface area contributed by atoms with Crippen molar-refractivity contribution in [1.29, 1.82) is 0 Å². The summed E-state index contributed by atoms with van der Waals surface area (Å²) in [5.41, 5.74) is 6.87. The summed E-state index contributed by atoms with van der Waals surface area (Å²) >= 11 is 5.96. The zero-order valence-corrected chi connectivity index (χ0v) is 15.0. The molecular weight excluding hydrogens is 380 g/mol. The summed E-state index contributed by atoms with van der Waals surface area (Å²) in [4.78, 5) is 12.3. The topological polar surface area (TPSA) is 134 Å². The third kappa shape index (κ3) is 4.14. The Labute approximate surface area is 155 Å². The van der Waals surface area contributed by atoms with Crippen LogP contribution in [-0.4, -0.2) is 25.5 Å². The second-order valence-corrected chi connectivity index (χ2v) is 7.89. The Morgan fingerprint density at radius 1 is 1.19 bits per heavy atom. The predicted molar refractivity (Wildman–Crippen MR) is 97.0 cm³/mol. The van der Waals surface area contributed by atoms with E-state index in [1.807, 2.05) is 0 Å². The molecule has 10 heteroatoms. The SMILES string of the molecule is NS(=O)(=O)c1ccc(NC(=O)C2CC(c3cc(Cl)ccc3O)NN2)cc1. The molecule has 0 radical (unpaired) electrons. The lowest BCUT2D eigenvalue weighted by Crippen LogP contribution is -2.39. The van der Waals surface area contributed by atoms with Gasteiger partial charge in [-0.2, -0.15) is 0 Å². The molecule has 1 aliphatic rings. The van der Waals surface area contributed by atoms with Crippen LogP contribution in [0.2, 0.25) is 5.02 Å². The van der Waals surface area contributed by atoms with Crippen LogP contribution >= 0.6 is 11.6 Å². The molecule has 1 saturated heterocycles. The normalized spacial score (nSPS) is 20.1. The molecule has 2 atom stereocenters. The Bertz CT molecular complexity index is 934. The average molecular weight is 397 g/mol. The first-order chi connectivity index (χ1) is 12.2. The molecular formula is C16H17ClN4O4S. The van der Waals surface area contributed by atoms with E-state index in [0.29, 0.717) is 22.7 Å². The second kappa shape index (κ2) is 7.22. The van der Waals surface area contributed by atoms with Crippen molar-refractivity contribution in [1.82, 2.24) is 10.9 Å². The molecule has 2 aromatic carbocycles. The maximum absolute atomic E-state index is 12.4. The summed E-state index contributed by atoms with van der Waals surface area (Å²) in [6.07, 6.45) is 0.398. The summed E-state index contributed by atoms with van der Waals surface area (Å²) in [6, 6.07) is 9.45. The van der Waals surface area contributed by atoms with E-state index in [1.165, 1.54) is 30.3 Å². The number of phenolic OH excluding ortho intramolecular Hbond substituents is 1. The zero-order valence-electron chi connectivity index (χ0n) is 13.4. The first-order valence-electron chi connectivity index (χ1n) is 7.67. The lowest BCUT2D eigenvalue weighted by molar-refractivity contribution is -0.117. The number of hydrogen-bond donors (Lipinski definition) is 5. The van der Waals surface area contributed by atoms with E-state index in [1.54, 1.807) is 12.1 Å². The van der Waals surface area contributed by atoms with Gasteiger partial charge in [-0.05, 0) is 48.9 Å². The number of phenols is 1. The number of carbonyl (C=O) groups is 1. The Morgan fingerprint density at radius 2 is 1.88 bits per heavy atom. The molecule has 1 amide bonds. The van der Waals surface area contributed by atoms with Crippen molar-refractivity contribution in [3.05, 3.63) is 53.1 Å². The van der Waals surface area contributed by atoms with E-state index in [0.717, 1.165) is 0 Å². The van der Waals surface area contributed by atoms with E-state index in [9.17, 15) is 18.3 Å². The van der Waals surface area contributed by atoms with E-state index in [2.05, 4.69) is 16.2 Å². The smallest absolute Gasteiger partial charge is 0.242 e. The fraction of sp³-hybridized carbons (Fsp3) is 0.188. The van der Waals surface area contributed by atoms with Gasteiger partial charge in [-0.3, -0.25) is 4.79 Å². The molecule has 3 rings (SSSR count). The molecule has 0 aliphatic carbocycles. The molecule has 1 aliphatic heterocycles. The molecule has 26 heavy (non-hydrogen) atoms. The van der Waals surface area contributed by atoms with Crippen LogP contribution in [0.5, 0.6) is 5.75 Å². The van der Waals surface area contributed by atoms with E-state index in [-0.39, 0.29) is 22.6 Å². The lowest BCUT2D eigenvalue weighted by atomic mass is 10.0. The number of benzene rings is 2. The third-order valence-corrected chi connectivity index (χ3v) is 5.20. The minimum atomic E-state index is -3.78. The monoisotopic (exact) mass is 396 g/mol. The van der Waals surface area contributed by atoms with Crippen LogP contribution in [-0.2, 0) is 14.8 Å². The van der Waals surface area contributed by atoms with Crippen LogP contribution in [0.25, 0.3) is 0 Å². The van der Waals surface area contributed by atoms with Gasteiger partial charge < -0.3 is 10.4 Å². The van der Waals surface area contributed by atoms with Gasteiger partial charge in [-0.15, -0.1) is 0 Å². The molecule has 0 saturated carbocycles. The Balaban J connectivity index is 1.65. The number of nitrogens with one attached hydrogen (secondary N) is 3. The van der Waals surface area contributed by atoms with E-state index < -0.39 is 16.1 Å². The molecule has 1 heterocycles. The highest BCUT2D eigenvalue weighted by Crippen LogP contribution is 2.31. The van der Waals surface area contributed by atoms with E-state index >= 15 is 0 Å². The highest BCUT2D eigenvalue weighted by Gasteiger charge is 2.31. The lowest BCUT2D eigenvalue weighted by Gasteiger charge is -2.12. The molecule has 2 unspecified atom stereocenters. The molecule has 0 bridgehead atoms. The molecule has 0 spiro atoms. The average Bonchev–Trinajstić information content (AvgIpc) is 3.07. The van der Waals surface area contributed by atoms with Gasteiger partial charge in [0, 0.05) is 16.3 Å². The van der Waals surface area contributed by atoms with Crippen molar-refractivity contribution in [3.63, 3.8) is 0 Å². The van der Waals surface area contributed by atoms with Crippen molar-refractivity contribution >= 4 is 33.2 Å². The van der Waals surface area contributed by atoms with Crippen LogP contribution in [0.15, 0.2) is 47.4 Å². The standard InChI is InChI=1S/C16H17ClN4O4S/c17-9-1-6-15(22)12(7-9)13-8-14(21-20-13)16(23)19-10-2-4-11(5-3-10)26(18,24)25/h1-7,13-14,20-22H,8H2,(H,19,23)(H2,18,24,25). The number of halogens is 1. The van der Waals surface area contributed by atoms with Gasteiger partial charge in [-0.25, -0.2) is 24.4 Å². The zero-order chi connectivity index (χ0) is 18.9. The first-order valence-corrected chi connectivity index (χ1v) is 9.59. The summed E-state index contributed by atoms with van der Waals surface area (Å²) in [6.45, 7) is 0. The van der Waals surface area contributed by atoms with Gasteiger partial charge in [0.15, 0.2) is 0 Å². The number of carbonyl (C=O) groups excluding carboxylic acids is 1. The highest BCUT2D eigenvalue weighted by atomic mass is 35.5. The number of sulfonamides is 1. The minimum Gasteiger partial charge on any atom is -0.508 e. The second-order valence-electron chi connectivity index (χ2n) is 5.89. The minimum absolute atomic E-state index is 0.0346. The molecule has 6 N–H and O–H groups in total. The fourth-order valence-corrected chi connectivity index (χ4v) is 3.39.